The Hall–Kier alpha value is -2.51. The Labute approximate surface area is 158 Å². The lowest BCUT2D eigenvalue weighted by molar-refractivity contribution is -0.162. The van der Waals surface area contributed by atoms with Crippen molar-refractivity contribution in [3.05, 3.63) is 57.2 Å². The molecule has 0 unspecified atom stereocenters. The number of amides is 3. The van der Waals surface area contributed by atoms with Crippen LogP contribution in [0.3, 0.4) is 0 Å². The number of hydrogen-bond donors (Lipinski definition) is 0. The van der Waals surface area contributed by atoms with Crippen LogP contribution in [0.4, 0.5) is 0 Å². The Kier molecular flexibility index (Phi) is 5.49. The molecular formula is C18H15ClN2O4S. The second kappa shape index (κ2) is 7.80. The van der Waals surface area contributed by atoms with Crippen molar-refractivity contribution in [1.82, 2.24) is 10.0 Å². The van der Waals surface area contributed by atoms with E-state index in [1.54, 1.807) is 17.5 Å². The molecule has 0 spiro atoms. The lowest BCUT2D eigenvalue weighted by Gasteiger charge is -2.35. The van der Waals surface area contributed by atoms with Crippen LogP contribution in [-0.4, -0.2) is 40.1 Å². The zero-order chi connectivity index (χ0) is 18.7. The minimum absolute atomic E-state index is 0.156. The predicted molar refractivity (Wildman–Crippen MR) is 96.8 cm³/mol. The van der Waals surface area contributed by atoms with Crippen molar-refractivity contribution in [3.8, 4) is 0 Å². The average Bonchev–Trinajstić information content (AvgIpc) is 3.15. The molecule has 0 N–H and O–H groups in total. The number of thiophene rings is 1. The molecule has 1 fully saturated rings. The Morgan fingerprint density at radius 3 is 2.31 bits per heavy atom. The smallest absolute Gasteiger partial charge is 0.273 e. The van der Waals surface area contributed by atoms with Crippen LogP contribution in [0.1, 0.15) is 39.3 Å². The maximum atomic E-state index is 12.9. The highest BCUT2D eigenvalue weighted by molar-refractivity contribution is 7.12. The number of Topliss-reactive ketones (excluding diaryl/α,β-unsaturated/α-hetero) is 1. The van der Waals surface area contributed by atoms with Crippen LogP contribution < -0.4 is 0 Å². The first kappa shape index (κ1) is 18.3. The topological polar surface area (TPSA) is 74.8 Å². The normalized spacial score (nSPS) is 14.4. The van der Waals surface area contributed by atoms with Crippen LogP contribution in [0.2, 0.25) is 5.02 Å². The van der Waals surface area contributed by atoms with E-state index in [1.165, 1.54) is 35.6 Å². The van der Waals surface area contributed by atoms with Gasteiger partial charge < -0.3 is 0 Å². The molecule has 26 heavy (non-hydrogen) atoms. The van der Waals surface area contributed by atoms with E-state index < -0.39 is 17.7 Å². The maximum Gasteiger partial charge on any atom is 0.273 e. The predicted octanol–water partition coefficient (Wildman–Crippen LogP) is 3.18. The van der Waals surface area contributed by atoms with Gasteiger partial charge in [0.05, 0.1) is 4.88 Å². The summed E-state index contributed by atoms with van der Waals surface area (Å²) < 4.78 is 0. The molecule has 1 saturated heterocycles. The van der Waals surface area contributed by atoms with Crippen LogP contribution in [0.25, 0.3) is 0 Å². The van der Waals surface area contributed by atoms with Crippen LogP contribution in [0, 0.1) is 0 Å². The molecule has 0 radical (unpaired) electrons. The van der Waals surface area contributed by atoms with Gasteiger partial charge in [0.1, 0.15) is 6.54 Å². The molecule has 1 aliphatic rings. The van der Waals surface area contributed by atoms with Gasteiger partial charge in [0.25, 0.3) is 5.91 Å². The highest BCUT2D eigenvalue weighted by atomic mass is 35.5. The van der Waals surface area contributed by atoms with Crippen LogP contribution in [-0.2, 0) is 9.59 Å². The SMILES string of the molecule is O=C(CN(C(=O)c1ccc(Cl)cc1)N1C(=O)CCCC1=O)c1cccs1. The average molecular weight is 391 g/mol. The lowest BCUT2D eigenvalue weighted by atomic mass is 10.1. The van der Waals surface area contributed by atoms with Crippen molar-refractivity contribution < 1.29 is 19.2 Å². The Balaban J connectivity index is 1.93. The lowest BCUT2D eigenvalue weighted by Crippen LogP contribution is -2.55. The van der Waals surface area contributed by atoms with E-state index in [9.17, 15) is 19.2 Å². The van der Waals surface area contributed by atoms with Gasteiger partial charge in [-0.15, -0.1) is 11.3 Å². The number of benzene rings is 1. The zero-order valence-corrected chi connectivity index (χ0v) is 15.3. The first-order chi connectivity index (χ1) is 12.5. The number of rotatable bonds is 5. The van der Waals surface area contributed by atoms with Gasteiger partial charge in [0, 0.05) is 23.4 Å². The van der Waals surface area contributed by atoms with E-state index in [0.29, 0.717) is 16.3 Å². The number of nitrogens with zero attached hydrogens (tertiary/aromatic N) is 2. The van der Waals surface area contributed by atoms with Gasteiger partial charge >= 0.3 is 0 Å². The first-order valence-corrected chi connectivity index (χ1v) is 9.23. The second-order valence-corrected chi connectivity index (χ2v) is 7.11. The number of piperidine rings is 1. The number of ketones is 1. The number of halogens is 1. The standard InChI is InChI=1S/C18H15ClN2O4S/c19-13-8-6-12(7-9-13)18(25)20(11-14(22)15-3-2-10-26-15)21-16(23)4-1-5-17(21)24/h2-3,6-10H,1,4-5,11H2. The summed E-state index contributed by atoms with van der Waals surface area (Å²) in [7, 11) is 0. The van der Waals surface area contributed by atoms with Gasteiger partial charge in [-0.2, -0.15) is 5.01 Å². The van der Waals surface area contributed by atoms with Crippen molar-refractivity contribution in [2.24, 2.45) is 0 Å². The molecule has 0 aliphatic carbocycles. The van der Waals surface area contributed by atoms with Crippen molar-refractivity contribution in [2.45, 2.75) is 19.3 Å². The van der Waals surface area contributed by atoms with Gasteiger partial charge in [-0.1, -0.05) is 17.7 Å². The molecule has 0 saturated carbocycles. The van der Waals surface area contributed by atoms with Crippen molar-refractivity contribution in [2.75, 3.05) is 6.54 Å². The highest BCUT2D eigenvalue weighted by Crippen LogP contribution is 2.20. The van der Waals surface area contributed by atoms with E-state index in [1.807, 2.05) is 0 Å². The van der Waals surface area contributed by atoms with Gasteiger partial charge in [0.15, 0.2) is 5.78 Å². The van der Waals surface area contributed by atoms with E-state index in [2.05, 4.69) is 0 Å². The number of carbonyl (C=O) groups is 4. The quantitative estimate of drug-likeness (QED) is 0.580. The summed E-state index contributed by atoms with van der Waals surface area (Å²) in [4.78, 5) is 50.5. The first-order valence-electron chi connectivity index (χ1n) is 7.97. The van der Waals surface area contributed by atoms with Gasteiger partial charge in [-0.25, -0.2) is 5.01 Å². The molecule has 3 amide bonds. The van der Waals surface area contributed by atoms with Gasteiger partial charge in [-0.05, 0) is 42.1 Å². The summed E-state index contributed by atoms with van der Waals surface area (Å²) in [6.45, 7) is -0.389. The molecule has 8 heteroatoms. The van der Waals surface area contributed by atoms with Crippen molar-refractivity contribution in [3.63, 3.8) is 0 Å². The van der Waals surface area contributed by atoms with E-state index in [0.717, 1.165) is 10.0 Å². The van der Waals surface area contributed by atoms with Crippen LogP contribution in [0.5, 0.6) is 0 Å². The molecule has 2 heterocycles. The summed E-state index contributed by atoms with van der Waals surface area (Å²) in [5, 5.41) is 3.95. The van der Waals surface area contributed by atoms with Gasteiger partial charge in [-0.3, -0.25) is 19.2 Å². The number of imide groups is 1. The largest absolute Gasteiger partial charge is 0.291 e. The summed E-state index contributed by atoms with van der Waals surface area (Å²) in [6, 6.07) is 9.42. The molecule has 0 bridgehead atoms. The number of hydrogen-bond acceptors (Lipinski definition) is 5. The minimum atomic E-state index is -0.602. The molecule has 0 atom stereocenters. The third-order valence-corrected chi connectivity index (χ3v) is 5.07. The molecule has 1 aliphatic heterocycles. The molecule has 1 aromatic heterocycles. The fourth-order valence-electron chi connectivity index (χ4n) is 2.64. The highest BCUT2D eigenvalue weighted by Gasteiger charge is 2.36. The fourth-order valence-corrected chi connectivity index (χ4v) is 3.42. The summed E-state index contributed by atoms with van der Waals surface area (Å²) >= 11 is 7.08. The summed E-state index contributed by atoms with van der Waals surface area (Å²) in [6.07, 6.45) is 0.753. The van der Waals surface area contributed by atoms with E-state index >= 15 is 0 Å². The molecule has 2 aromatic rings. The van der Waals surface area contributed by atoms with Crippen LogP contribution in [0.15, 0.2) is 41.8 Å². The zero-order valence-electron chi connectivity index (χ0n) is 13.7. The molecule has 6 nitrogen and oxygen atoms in total. The molecular weight excluding hydrogens is 376 g/mol. The third kappa shape index (κ3) is 3.84. The van der Waals surface area contributed by atoms with E-state index in [-0.39, 0.29) is 30.7 Å². The van der Waals surface area contributed by atoms with Gasteiger partial charge in [0.2, 0.25) is 11.8 Å². The fraction of sp³-hybridized carbons (Fsp3) is 0.222. The number of carbonyl (C=O) groups excluding carboxylic acids is 4. The Morgan fingerprint density at radius 2 is 1.73 bits per heavy atom. The van der Waals surface area contributed by atoms with Crippen molar-refractivity contribution in [1.29, 1.82) is 0 Å². The third-order valence-electron chi connectivity index (χ3n) is 3.91. The maximum absolute atomic E-state index is 12.9. The van der Waals surface area contributed by atoms with Crippen molar-refractivity contribution >= 4 is 46.4 Å². The van der Waals surface area contributed by atoms with Crippen LogP contribution >= 0.6 is 22.9 Å². The summed E-state index contributed by atoms with van der Waals surface area (Å²) in [5.74, 6) is -1.91. The monoisotopic (exact) mass is 390 g/mol. The van der Waals surface area contributed by atoms with E-state index in [4.69, 9.17) is 11.6 Å². The minimum Gasteiger partial charge on any atom is -0.291 e. The Bertz CT molecular complexity index is 833. The summed E-state index contributed by atoms with van der Waals surface area (Å²) in [5.41, 5.74) is 0.236. The number of hydrazine groups is 1. The molecule has 3 rings (SSSR count). The molecule has 134 valence electrons. The second-order valence-electron chi connectivity index (χ2n) is 5.72. The molecule has 1 aromatic carbocycles. The Morgan fingerprint density at radius 1 is 1.08 bits per heavy atom.